The Morgan fingerprint density at radius 3 is 1.16 bits per heavy atom. The second-order valence-electron chi connectivity index (χ2n) is 26.4. The van der Waals surface area contributed by atoms with Crippen molar-refractivity contribution in [2.75, 3.05) is 19.8 Å². The largest absolute Gasteiger partial charge is 0.466 e. The normalized spacial score (nSPS) is 18.0. The molecule has 7 atom stereocenters. The zero-order valence-corrected chi connectivity index (χ0v) is 57.0. The van der Waals surface area contributed by atoms with Gasteiger partial charge in [0.05, 0.1) is 32.0 Å². The first kappa shape index (κ1) is 82.9. The van der Waals surface area contributed by atoms with Crippen LogP contribution in [0.3, 0.4) is 0 Å². The monoisotopic (exact) mass is 1230 g/mol. The van der Waals surface area contributed by atoms with Crippen LogP contribution < -0.4 is 5.32 Å². The Balaban J connectivity index is 1.88. The first-order valence-electron chi connectivity index (χ1n) is 37.8. The van der Waals surface area contributed by atoms with Gasteiger partial charge < -0.3 is 45.1 Å². The summed E-state index contributed by atoms with van der Waals surface area (Å²) in [6.45, 7) is 4.35. The first-order chi connectivity index (χ1) is 42.7. The molecule has 1 amide bonds. The molecule has 0 aliphatic carbocycles. The van der Waals surface area contributed by atoms with Gasteiger partial charge in [-0.05, 0) is 64.2 Å². The van der Waals surface area contributed by atoms with Crippen LogP contribution in [-0.2, 0) is 23.8 Å². The summed E-state index contributed by atoms with van der Waals surface area (Å²) in [6.07, 6.45) is 74.7. The molecule has 0 aromatic heterocycles. The third-order valence-electron chi connectivity index (χ3n) is 18.0. The van der Waals surface area contributed by atoms with Gasteiger partial charge in [-0.2, -0.15) is 0 Å². The topological polar surface area (TPSA) is 175 Å². The van der Waals surface area contributed by atoms with Gasteiger partial charge in [-0.15, -0.1) is 0 Å². The molecule has 1 aliphatic rings. The minimum absolute atomic E-state index is 0.0146. The van der Waals surface area contributed by atoms with E-state index in [4.69, 9.17) is 14.2 Å². The third-order valence-corrected chi connectivity index (χ3v) is 18.0. The van der Waals surface area contributed by atoms with E-state index in [1.807, 2.05) is 6.08 Å². The zero-order chi connectivity index (χ0) is 63.0. The minimum Gasteiger partial charge on any atom is -0.466 e. The zero-order valence-electron chi connectivity index (χ0n) is 57.0. The second-order valence-corrected chi connectivity index (χ2v) is 26.4. The Bertz CT molecular complexity index is 1540. The van der Waals surface area contributed by atoms with E-state index in [1.54, 1.807) is 6.08 Å². The Kier molecular flexibility index (Phi) is 62.3. The molecule has 512 valence electrons. The van der Waals surface area contributed by atoms with Crippen molar-refractivity contribution >= 4 is 11.9 Å². The van der Waals surface area contributed by atoms with E-state index in [9.17, 15) is 35.1 Å². The number of ether oxygens (including phenoxy) is 3. The van der Waals surface area contributed by atoms with Crippen molar-refractivity contribution in [2.24, 2.45) is 0 Å². The van der Waals surface area contributed by atoms with Crippen molar-refractivity contribution in [3.05, 3.63) is 36.5 Å². The van der Waals surface area contributed by atoms with E-state index >= 15 is 0 Å². The van der Waals surface area contributed by atoms with Crippen LogP contribution in [-0.4, -0.2) is 100 Å². The maximum absolute atomic E-state index is 13.0. The van der Waals surface area contributed by atoms with Crippen LogP contribution in [0.4, 0.5) is 0 Å². The number of carbonyl (C=O) groups excluding carboxylic acids is 2. The molecule has 0 aromatic rings. The molecule has 1 aliphatic heterocycles. The van der Waals surface area contributed by atoms with Crippen LogP contribution in [0.5, 0.6) is 0 Å². The van der Waals surface area contributed by atoms with Gasteiger partial charge >= 0.3 is 5.97 Å². The van der Waals surface area contributed by atoms with Gasteiger partial charge in [-0.1, -0.05) is 333 Å². The van der Waals surface area contributed by atoms with Crippen LogP contribution in [0.2, 0.25) is 0 Å². The molecule has 7 unspecified atom stereocenters. The van der Waals surface area contributed by atoms with E-state index in [-0.39, 0.29) is 18.5 Å². The first-order valence-corrected chi connectivity index (χ1v) is 37.8. The quantitative estimate of drug-likeness (QED) is 0.0195. The molecular formula is C76H143NO10. The molecule has 0 saturated carbocycles. The van der Waals surface area contributed by atoms with Crippen LogP contribution in [0, 0.1) is 0 Å². The van der Waals surface area contributed by atoms with Crippen molar-refractivity contribution in [2.45, 2.75) is 416 Å². The molecule has 0 radical (unpaired) electrons. The second kappa shape index (κ2) is 65.4. The van der Waals surface area contributed by atoms with Crippen molar-refractivity contribution in [1.82, 2.24) is 5.32 Å². The maximum atomic E-state index is 13.0. The van der Waals surface area contributed by atoms with Gasteiger partial charge in [0, 0.05) is 12.8 Å². The van der Waals surface area contributed by atoms with E-state index in [2.05, 4.69) is 43.5 Å². The minimum atomic E-state index is -1.57. The molecule has 0 spiro atoms. The standard InChI is InChI=1S/C76H143NO10/c1-3-5-7-9-11-13-43-48-52-56-60-64-72(81)85-65-61-57-53-49-45-42-40-38-36-34-32-30-28-26-24-22-20-18-16-14-15-17-19-21-23-25-27-29-31-33-35-37-39-41-44-47-51-55-59-63-71(80)77-68(69(79)62-58-54-50-46-12-10-8-6-4-2)67-86-76-75(84)74(83)73(82)70(66-78)87-76/h14-15,18,20,58,62,68-70,73-76,78-79,82-84H,3-13,16-17,19,21-57,59-61,63-67H2,1-2H3,(H,77,80)/b15-14-,20-18-,62-58+. The highest BCUT2D eigenvalue weighted by Crippen LogP contribution is 2.24. The van der Waals surface area contributed by atoms with Gasteiger partial charge in [-0.3, -0.25) is 9.59 Å². The molecule has 1 fully saturated rings. The molecule has 11 heteroatoms. The van der Waals surface area contributed by atoms with Gasteiger partial charge in [0.15, 0.2) is 6.29 Å². The Labute approximate surface area is 536 Å². The summed E-state index contributed by atoms with van der Waals surface area (Å²) in [5, 5.41) is 54.3. The molecule has 11 nitrogen and oxygen atoms in total. The summed E-state index contributed by atoms with van der Waals surface area (Å²) in [5.74, 6) is -0.165. The van der Waals surface area contributed by atoms with Crippen molar-refractivity contribution in [1.29, 1.82) is 0 Å². The summed E-state index contributed by atoms with van der Waals surface area (Å²) in [7, 11) is 0. The Morgan fingerprint density at radius 2 is 0.770 bits per heavy atom. The summed E-state index contributed by atoms with van der Waals surface area (Å²) < 4.78 is 16.7. The van der Waals surface area contributed by atoms with Crippen LogP contribution >= 0.6 is 0 Å². The van der Waals surface area contributed by atoms with Crippen LogP contribution in [0.25, 0.3) is 0 Å². The molecular weight excluding hydrogens is 1090 g/mol. The SMILES string of the molecule is CCCCCCCCC/C=C/C(O)C(COC1OC(CO)C(O)C(O)C1O)NC(=O)CCCCCCCCCCCCCCCCCCC/C=C\C/C=C\CCCCCCCCCCCCCCCCCOC(=O)CCCCCCCCCCCCC. The number of esters is 1. The Morgan fingerprint density at radius 1 is 0.425 bits per heavy atom. The highest BCUT2D eigenvalue weighted by molar-refractivity contribution is 5.76. The predicted octanol–water partition coefficient (Wildman–Crippen LogP) is 19.7. The predicted molar refractivity (Wildman–Crippen MR) is 366 cm³/mol. The molecule has 87 heavy (non-hydrogen) atoms. The van der Waals surface area contributed by atoms with Crippen molar-refractivity contribution in [3.63, 3.8) is 0 Å². The molecule has 1 saturated heterocycles. The number of rotatable bonds is 67. The van der Waals surface area contributed by atoms with Crippen molar-refractivity contribution < 1.29 is 49.3 Å². The Hall–Kier alpha value is -2.12. The molecule has 0 bridgehead atoms. The molecule has 0 aromatic carbocycles. The number of carbonyl (C=O) groups is 2. The smallest absolute Gasteiger partial charge is 0.305 e. The summed E-state index contributed by atoms with van der Waals surface area (Å²) in [5.41, 5.74) is 0. The number of hydrogen-bond acceptors (Lipinski definition) is 10. The number of hydrogen-bond donors (Lipinski definition) is 6. The van der Waals surface area contributed by atoms with Gasteiger partial charge in [0.1, 0.15) is 24.4 Å². The molecule has 1 heterocycles. The maximum Gasteiger partial charge on any atom is 0.305 e. The lowest BCUT2D eigenvalue weighted by atomic mass is 9.99. The lowest BCUT2D eigenvalue weighted by Crippen LogP contribution is -2.60. The average Bonchev–Trinajstić information content (AvgIpc) is 2.97. The summed E-state index contributed by atoms with van der Waals surface area (Å²) >= 11 is 0. The van der Waals surface area contributed by atoms with Crippen LogP contribution in [0.1, 0.15) is 373 Å². The number of allylic oxidation sites excluding steroid dienone is 5. The van der Waals surface area contributed by atoms with Gasteiger partial charge in [0.25, 0.3) is 0 Å². The molecule has 1 rings (SSSR count). The average molecular weight is 1230 g/mol. The fourth-order valence-electron chi connectivity index (χ4n) is 12.1. The number of aliphatic hydroxyl groups is 5. The van der Waals surface area contributed by atoms with Crippen LogP contribution in [0.15, 0.2) is 36.5 Å². The molecule has 6 N–H and O–H groups in total. The highest BCUT2D eigenvalue weighted by Gasteiger charge is 2.44. The van der Waals surface area contributed by atoms with E-state index in [0.717, 1.165) is 57.8 Å². The van der Waals surface area contributed by atoms with Gasteiger partial charge in [-0.25, -0.2) is 0 Å². The lowest BCUT2D eigenvalue weighted by Gasteiger charge is -2.40. The highest BCUT2D eigenvalue weighted by atomic mass is 16.7. The van der Waals surface area contributed by atoms with Crippen molar-refractivity contribution in [3.8, 4) is 0 Å². The van der Waals surface area contributed by atoms with E-state index < -0.39 is 49.5 Å². The van der Waals surface area contributed by atoms with E-state index in [1.165, 1.54) is 289 Å². The third kappa shape index (κ3) is 54.2. The number of nitrogens with one attached hydrogen (secondary N) is 1. The number of amides is 1. The number of aliphatic hydroxyl groups excluding tert-OH is 5. The summed E-state index contributed by atoms with van der Waals surface area (Å²) in [6, 6.07) is -0.806. The van der Waals surface area contributed by atoms with Gasteiger partial charge in [0.2, 0.25) is 5.91 Å². The fourth-order valence-corrected chi connectivity index (χ4v) is 12.1. The fraction of sp³-hybridized carbons (Fsp3) is 0.895. The number of unbranched alkanes of at least 4 members (excludes halogenated alkanes) is 49. The lowest BCUT2D eigenvalue weighted by molar-refractivity contribution is -0.302. The summed E-state index contributed by atoms with van der Waals surface area (Å²) in [4.78, 5) is 25.0. The van der Waals surface area contributed by atoms with E-state index in [0.29, 0.717) is 19.4 Å².